The van der Waals surface area contributed by atoms with Crippen LogP contribution in [0.5, 0.6) is 0 Å². The maximum Gasteiger partial charge on any atom is 0.312 e. The summed E-state index contributed by atoms with van der Waals surface area (Å²) in [7, 11) is 2.65. The largest absolute Gasteiger partial charge is 0.469 e. The van der Waals surface area contributed by atoms with E-state index in [1.54, 1.807) is 13.8 Å². The Bertz CT molecular complexity index is 234. The van der Waals surface area contributed by atoms with Crippen LogP contribution in [0.3, 0.4) is 0 Å². The van der Waals surface area contributed by atoms with E-state index in [9.17, 15) is 9.59 Å². The van der Waals surface area contributed by atoms with Gasteiger partial charge < -0.3 is 9.47 Å². The molecule has 0 aliphatic heterocycles. The summed E-state index contributed by atoms with van der Waals surface area (Å²) in [6.45, 7) is 3.44. The Balaban J connectivity index is 2.81. The molecule has 1 fully saturated rings. The van der Waals surface area contributed by atoms with Crippen LogP contribution in [0.4, 0.5) is 0 Å². The summed E-state index contributed by atoms with van der Waals surface area (Å²) in [4.78, 5) is 22.6. The Kier molecular flexibility index (Phi) is 2.10. The molecule has 0 radical (unpaired) electrons. The Morgan fingerprint density at radius 2 is 1.31 bits per heavy atom. The van der Waals surface area contributed by atoms with Gasteiger partial charge in [-0.2, -0.15) is 0 Å². The van der Waals surface area contributed by atoms with Crippen molar-refractivity contribution in [3.05, 3.63) is 0 Å². The van der Waals surface area contributed by atoms with Crippen LogP contribution in [0.25, 0.3) is 0 Å². The first-order valence-electron chi connectivity index (χ1n) is 4.09. The smallest absolute Gasteiger partial charge is 0.312 e. The molecule has 1 aliphatic rings. The van der Waals surface area contributed by atoms with Crippen LogP contribution >= 0.6 is 0 Å². The van der Waals surface area contributed by atoms with Gasteiger partial charge >= 0.3 is 11.9 Å². The van der Waals surface area contributed by atoms with Crippen LogP contribution in [-0.2, 0) is 19.1 Å². The van der Waals surface area contributed by atoms with Gasteiger partial charge in [-0.1, -0.05) is 0 Å². The lowest BCUT2D eigenvalue weighted by molar-refractivity contribution is -0.156. The van der Waals surface area contributed by atoms with Gasteiger partial charge in [-0.3, -0.25) is 9.59 Å². The molecular weight excluding hydrogens is 172 g/mol. The molecule has 4 nitrogen and oxygen atoms in total. The highest BCUT2D eigenvalue weighted by molar-refractivity contribution is 5.93. The average Bonchev–Trinajstić information content (AvgIpc) is 2.69. The Hall–Kier alpha value is -1.06. The molecule has 0 bridgehead atoms. The Labute approximate surface area is 77.2 Å². The summed E-state index contributed by atoms with van der Waals surface area (Å²) < 4.78 is 9.24. The summed E-state index contributed by atoms with van der Waals surface area (Å²) in [5.74, 6) is -0.694. The number of hydrogen-bond donors (Lipinski definition) is 0. The monoisotopic (exact) mass is 186 g/mol. The van der Waals surface area contributed by atoms with Crippen molar-refractivity contribution in [1.29, 1.82) is 0 Å². The predicted molar refractivity (Wildman–Crippen MR) is 44.9 cm³/mol. The minimum atomic E-state index is -0.700. The second kappa shape index (κ2) is 2.72. The molecule has 0 aromatic heterocycles. The van der Waals surface area contributed by atoms with E-state index in [1.807, 2.05) is 0 Å². The first-order chi connectivity index (χ1) is 5.92. The van der Waals surface area contributed by atoms with Gasteiger partial charge in [0.25, 0.3) is 0 Å². The van der Waals surface area contributed by atoms with Gasteiger partial charge in [0.1, 0.15) is 0 Å². The van der Waals surface area contributed by atoms with E-state index in [2.05, 4.69) is 9.47 Å². The van der Waals surface area contributed by atoms with Gasteiger partial charge in [0.05, 0.1) is 25.0 Å². The van der Waals surface area contributed by atoms with E-state index in [0.717, 1.165) is 0 Å². The van der Waals surface area contributed by atoms with E-state index in [1.165, 1.54) is 14.2 Å². The van der Waals surface area contributed by atoms with Gasteiger partial charge in [0.2, 0.25) is 0 Å². The van der Waals surface area contributed by atoms with E-state index < -0.39 is 10.8 Å². The first kappa shape index (κ1) is 10.0. The minimum absolute atomic E-state index is 0.347. The third-order valence-corrected chi connectivity index (χ3v) is 3.07. The Morgan fingerprint density at radius 1 is 1.00 bits per heavy atom. The molecule has 1 aliphatic carbocycles. The lowest BCUT2D eigenvalue weighted by atomic mass is 9.96. The van der Waals surface area contributed by atoms with Crippen LogP contribution < -0.4 is 0 Å². The summed E-state index contributed by atoms with van der Waals surface area (Å²) in [6.07, 6.45) is 0.499. The van der Waals surface area contributed by atoms with E-state index >= 15 is 0 Å². The normalized spacial score (nSPS) is 36.6. The molecule has 1 saturated carbocycles. The number of hydrogen-bond acceptors (Lipinski definition) is 4. The van der Waals surface area contributed by atoms with Gasteiger partial charge in [-0.15, -0.1) is 0 Å². The Morgan fingerprint density at radius 3 is 1.54 bits per heavy atom. The van der Waals surface area contributed by atoms with Crippen molar-refractivity contribution in [1.82, 2.24) is 0 Å². The van der Waals surface area contributed by atoms with Crippen LogP contribution in [-0.4, -0.2) is 26.2 Å². The first-order valence-corrected chi connectivity index (χ1v) is 4.09. The molecule has 4 heteroatoms. The molecule has 0 N–H and O–H groups in total. The number of rotatable bonds is 2. The zero-order valence-corrected chi connectivity index (χ0v) is 8.34. The summed E-state index contributed by atoms with van der Waals surface area (Å²) in [5, 5.41) is 0. The maximum absolute atomic E-state index is 11.3. The molecule has 0 saturated heterocycles. The molecule has 0 aromatic carbocycles. The molecule has 1 rings (SSSR count). The van der Waals surface area contributed by atoms with Gasteiger partial charge in [0.15, 0.2) is 0 Å². The highest BCUT2D eigenvalue weighted by Crippen LogP contribution is 2.64. The number of methoxy groups -OCH3 is 2. The second-order valence-electron chi connectivity index (χ2n) is 3.82. The van der Waals surface area contributed by atoms with Crippen LogP contribution in [0.2, 0.25) is 0 Å². The second-order valence-corrected chi connectivity index (χ2v) is 3.82. The quantitative estimate of drug-likeness (QED) is 0.597. The predicted octanol–water partition coefficient (Wildman–Crippen LogP) is 0.749. The fourth-order valence-electron chi connectivity index (χ4n) is 1.71. The SMILES string of the molecule is COC(=O)[C@@]1(C)C[C@]1(C)C(=O)OC. The van der Waals surface area contributed by atoms with Crippen molar-refractivity contribution in [3.8, 4) is 0 Å². The highest BCUT2D eigenvalue weighted by Gasteiger charge is 2.72. The number of carbonyl (C=O) groups excluding carboxylic acids is 2. The summed E-state index contributed by atoms with van der Waals surface area (Å²) in [5.41, 5.74) is -1.40. The van der Waals surface area contributed by atoms with E-state index in [4.69, 9.17) is 0 Å². The van der Waals surface area contributed by atoms with Crippen molar-refractivity contribution in [2.45, 2.75) is 20.3 Å². The third kappa shape index (κ3) is 1.12. The van der Waals surface area contributed by atoms with Crippen LogP contribution in [0, 0.1) is 10.8 Å². The standard InChI is InChI=1S/C9H14O4/c1-8(6(10)12-3)5-9(8,2)7(11)13-4/h5H2,1-4H3/t8-,9-/m1/s1. The molecule has 0 spiro atoms. The molecule has 0 amide bonds. The average molecular weight is 186 g/mol. The fraction of sp³-hybridized carbons (Fsp3) is 0.778. The molecule has 2 atom stereocenters. The third-order valence-electron chi connectivity index (χ3n) is 3.07. The lowest BCUT2D eigenvalue weighted by Gasteiger charge is -2.13. The van der Waals surface area contributed by atoms with Crippen molar-refractivity contribution < 1.29 is 19.1 Å². The van der Waals surface area contributed by atoms with E-state index in [-0.39, 0.29) is 11.9 Å². The molecule has 13 heavy (non-hydrogen) atoms. The summed E-state index contributed by atoms with van der Waals surface area (Å²) >= 11 is 0. The lowest BCUT2D eigenvalue weighted by Crippen LogP contribution is -2.27. The molecule has 0 aromatic rings. The van der Waals surface area contributed by atoms with Crippen molar-refractivity contribution in [2.24, 2.45) is 10.8 Å². The van der Waals surface area contributed by atoms with E-state index in [0.29, 0.717) is 6.42 Å². The number of ether oxygens (including phenoxy) is 2. The number of esters is 2. The van der Waals surface area contributed by atoms with Crippen LogP contribution in [0.1, 0.15) is 20.3 Å². The van der Waals surface area contributed by atoms with Crippen molar-refractivity contribution >= 4 is 11.9 Å². The van der Waals surface area contributed by atoms with Crippen molar-refractivity contribution in [3.63, 3.8) is 0 Å². The van der Waals surface area contributed by atoms with Gasteiger partial charge in [-0.05, 0) is 20.3 Å². The topological polar surface area (TPSA) is 52.6 Å². The zero-order chi connectivity index (χ0) is 10.3. The minimum Gasteiger partial charge on any atom is -0.469 e. The molecular formula is C9H14O4. The number of carbonyl (C=O) groups is 2. The van der Waals surface area contributed by atoms with Crippen molar-refractivity contribution in [2.75, 3.05) is 14.2 Å². The van der Waals surface area contributed by atoms with Crippen LogP contribution in [0.15, 0.2) is 0 Å². The molecule has 0 unspecified atom stereocenters. The van der Waals surface area contributed by atoms with Gasteiger partial charge in [-0.25, -0.2) is 0 Å². The highest BCUT2D eigenvalue weighted by atomic mass is 16.5. The fourth-order valence-corrected chi connectivity index (χ4v) is 1.71. The maximum atomic E-state index is 11.3. The summed E-state index contributed by atoms with van der Waals surface area (Å²) in [6, 6.07) is 0. The zero-order valence-electron chi connectivity index (χ0n) is 8.34. The molecule has 0 heterocycles. The molecule has 74 valence electrons. The van der Waals surface area contributed by atoms with Gasteiger partial charge in [0, 0.05) is 0 Å².